The van der Waals surface area contributed by atoms with Gasteiger partial charge in [-0.1, -0.05) is 36.2 Å². The number of carbonyl (C=O) groups is 1. The van der Waals surface area contributed by atoms with Gasteiger partial charge in [0.05, 0.1) is 10.0 Å². The molecule has 1 rings (SSSR count). The highest BCUT2D eigenvalue weighted by Crippen LogP contribution is 2.25. The molecular formula is C14H20Cl2N2O. The Morgan fingerprint density at radius 3 is 2.63 bits per heavy atom. The smallest absolute Gasteiger partial charge is 0.221 e. The van der Waals surface area contributed by atoms with Gasteiger partial charge in [0.2, 0.25) is 5.91 Å². The summed E-state index contributed by atoms with van der Waals surface area (Å²) >= 11 is 11.9. The number of carbonyl (C=O) groups excluding carboxylic acids is 1. The molecule has 106 valence electrons. The van der Waals surface area contributed by atoms with Crippen molar-refractivity contribution in [3.05, 3.63) is 33.8 Å². The molecule has 1 aromatic rings. The Labute approximate surface area is 124 Å². The van der Waals surface area contributed by atoms with Crippen LogP contribution in [0.25, 0.3) is 0 Å². The van der Waals surface area contributed by atoms with Crippen molar-refractivity contribution in [1.29, 1.82) is 0 Å². The topological polar surface area (TPSA) is 41.1 Å². The quantitative estimate of drug-likeness (QED) is 0.808. The fourth-order valence-corrected chi connectivity index (χ4v) is 1.96. The summed E-state index contributed by atoms with van der Waals surface area (Å²) in [6.45, 7) is 5.44. The minimum Gasteiger partial charge on any atom is -0.356 e. The van der Waals surface area contributed by atoms with E-state index in [9.17, 15) is 4.79 Å². The summed E-state index contributed by atoms with van der Waals surface area (Å²) in [7, 11) is 0. The van der Waals surface area contributed by atoms with Crippen molar-refractivity contribution >= 4 is 29.1 Å². The number of halogens is 2. The zero-order valence-corrected chi connectivity index (χ0v) is 12.8. The van der Waals surface area contributed by atoms with Crippen LogP contribution >= 0.6 is 23.2 Å². The van der Waals surface area contributed by atoms with Gasteiger partial charge in [-0.15, -0.1) is 0 Å². The maximum atomic E-state index is 11.4. The van der Waals surface area contributed by atoms with Crippen LogP contribution in [0.15, 0.2) is 18.2 Å². The molecule has 0 bridgehead atoms. The Hall–Kier alpha value is -0.770. The summed E-state index contributed by atoms with van der Waals surface area (Å²) in [6.07, 6.45) is 1.44. The number of amides is 1. The third kappa shape index (κ3) is 5.81. The number of hydrogen-bond acceptors (Lipinski definition) is 2. The van der Waals surface area contributed by atoms with Crippen LogP contribution in [-0.4, -0.2) is 19.0 Å². The van der Waals surface area contributed by atoms with Crippen LogP contribution in [0.3, 0.4) is 0 Å². The van der Waals surface area contributed by atoms with Crippen LogP contribution in [0.1, 0.15) is 38.3 Å². The second-order valence-electron chi connectivity index (χ2n) is 4.45. The molecule has 0 saturated carbocycles. The van der Waals surface area contributed by atoms with E-state index >= 15 is 0 Å². The first-order valence-electron chi connectivity index (χ1n) is 6.49. The van der Waals surface area contributed by atoms with Crippen molar-refractivity contribution in [2.45, 2.75) is 32.7 Å². The summed E-state index contributed by atoms with van der Waals surface area (Å²) in [4.78, 5) is 11.4. The van der Waals surface area contributed by atoms with Crippen LogP contribution in [0.2, 0.25) is 10.0 Å². The molecule has 0 radical (unpaired) electrons. The van der Waals surface area contributed by atoms with E-state index in [1.807, 2.05) is 26.0 Å². The van der Waals surface area contributed by atoms with Gasteiger partial charge in [-0.2, -0.15) is 0 Å². The normalized spacial score (nSPS) is 12.2. The van der Waals surface area contributed by atoms with E-state index in [1.54, 1.807) is 6.07 Å². The van der Waals surface area contributed by atoms with Crippen LogP contribution in [0.4, 0.5) is 0 Å². The molecule has 3 nitrogen and oxygen atoms in total. The Bertz CT molecular complexity index is 424. The molecule has 1 unspecified atom stereocenters. The lowest BCUT2D eigenvalue weighted by atomic mass is 10.1. The number of hydrogen-bond donors (Lipinski definition) is 2. The highest BCUT2D eigenvalue weighted by Gasteiger charge is 2.08. The summed E-state index contributed by atoms with van der Waals surface area (Å²) < 4.78 is 0. The average Bonchev–Trinajstić information content (AvgIpc) is 2.39. The van der Waals surface area contributed by atoms with Gasteiger partial charge >= 0.3 is 0 Å². The molecule has 1 atom stereocenters. The van der Waals surface area contributed by atoms with Crippen LogP contribution < -0.4 is 10.6 Å². The minimum absolute atomic E-state index is 0.0793. The molecule has 1 amide bonds. The number of nitrogens with one attached hydrogen (secondary N) is 2. The average molecular weight is 303 g/mol. The van der Waals surface area contributed by atoms with E-state index < -0.39 is 0 Å². The largest absolute Gasteiger partial charge is 0.356 e. The Morgan fingerprint density at radius 1 is 1.26 bits per heavy atom. The van der Waals surface area contributed by atoms with Crippen molar-refractivity contribution < 1.29 is 4.79 Å². The van der Waals surface area contributed by atoms with Gasteiger partial charge in [0.15, 0.2) is 0 Å². The third-order valence-electron chi connectivity index (χ3n) is 2.82. The molecule has 2 N–H and O–H groups in total. The van der Waals surface area contributed by atoms with Crippen molar-refractivity contribution in [3.63, 3.8) is 0 Å². The highest BCUT2D eigenvalue weighted by atomic mass is 35.5. The van der Waals surface area contributed by atoms with E-state index in [1.165, 1.54) is 0 Å². The lowest BCUT2D eigenvalue weighted by Crippen LogP contribution is -2.29. The Morgan fingerprint density at radius 2 is 2.00 bits per heavy atom. The number of rotatable bonds is 7. The summed E-state index contributed by atoms with van der Waals surface area (Å²) in [5, 5.41) is 7.24. The van der Waals surface area contributed by atoms with Crippen molar-refractivity contribution in [1.82, 2.24) is 10.6 Å². The van der Waals surface area contributed by atoms with Gasteiger partial charge in [0.1, 0.15) is 0 Å². The predicted octanol–water partition coefficient (Wildman–Crippen LogP) is 3.56. The molecule has 0 heterocycles. The molecule has 0 saturated heterocycles. The maximum absolute atomic E-state index is 11.4. The maximum Gasteiger partial charge on any atom is 0.221 e. The summed E-state index contributed by atoms with van der Waals surface area (Å²) in [6, 6.07) is 5.70. The van der Waals surface area contributed by atoms with Gasteiger partial charge in [0, 0.05) is 25.6 Å². The molecule has 19 heavy (non-hydrogen) atoms. The predicted molar refractivity (Wildman–Crippen MR) is 80.8 cm³/mol. The first-order chi connectivity index (χ1) is 9.04. The SMILES string of the molecule is CCCNC(=O)CCNC(C)c1ccc(Cl)c(Cl)c1. The lowest BCUT2D eigenvalue weighted by Gasteiger charge is -2.14. The molecule has 1 aromatic carbocycles. The van der Waals surface area contributed by atoms with Gasteiger partial charge in [0.25, 0.3) is 0 Å². The third-order valence-corrected chi connectivity index (χ3v) is 3.56. The second-order valence-corrected chi connectivity index (χ2v) is 5.26. The monoisotopic (exact) mass is 302 g/mol. The van der Waals surface area contributed by atoms with Crippen LogP contribution in [0.5, 0.6) is 0 Å². The van der Waals surface area contributed by atoms with Crippen LogP contribution in [0, 0.1) is 0 Å². The van der Waals surface area contributed by atoms with Crippen molar-refractivity contribution in [2.24, 2.45) is 0 Å². The fourth-order valence-electron chi connectivity index (χ4n) is 1.65. The molecule has 0 aromatic heterocycles. The van der Waals surface area contributed by atoms with Gasteiger partial charge in [-0.3, -0.25) is 4.79 Å². The molecule has 5 heteroatoms. The fraction of sp³-hybridized carbons (Fsp3) is 0.500. The zero-order valence-electron chi connectivity index (χ0n) is 11.3. The van der Waals surface area contributed by atoms with Crippen molar-refractivity contribution in [2.75, 3.05) is 13.1 Å². The van der Waals surface area contributed by atoms with E-state index in [2.05, 4.69) is 10.6 Å². The van der Waals surface area contributed by atoms with E-state index in [0.717, 1.165) is 18.5 Å². The number of benzene rings is 1. The molecule has 0 aliphatic rings. The van der Waals surface area contributed by atoms with E-state index in [-0.39, 0.29) is 11.9 Å². The Kier molecular flexibility index (Phi) is 7.21. The Balaban J connectivity index is 2.36. The molecule has 0 spiro atoms. The molecular weight excluding hydrogens is 283 g/mol. The molecule has 0 aliphatic carbocycles. The molecule has 0 fully saturated rings. The highest BCUT2D eigenvalue weighted by molar-refractivity contribution is 6.42. The van der Waals surface area contributed by atoms with E-state index in [4.69, 9.17) is 23.2 Å². The zero-order chi connectivity index (χ0) is 14.3. The van der Waals surface area contributed by atoms with Gasteiger partial charge in [-0.25, -0.2) is 0 Å². The van der Waals surface area contributed by atoms with E-state index in [0.29, 0.717) is 23.0 Å². The first-order valence-corrected chi connectivity index (χ1v) is 7.25. The first kappa shape index (κ1) is 16.3. The van der Waals surface area contributed by atoms with Gasteiger partial charge < -0.3 is 10.6 Å². The molecule has 0 aliphatic heterocycles. The summed E-state index contributed by atoms with van der Waals surface area (Å²) in [5.74, 6) is 0.0793. The van der Waals surface area contributed by atoms with Crippen molar-refractivity contribution in [3.8, 4) is 0 Å². The summed E-state index contributed by atoms with van der Waals surface area (Å²) in [5.41, 5.74) is 1.06. The standard InChI is InChI=1S/C14H20Cl2N2O/c1-3-7-18-14(19)6-8-17-10(2)11-4-5-12(15)13(16)9-11/h4-5,9-10,17H,3,6-8H2,1-2H3,(H,18,19). The van der Waals surface area contributed by atoms with Crippen LogP contribution in [-0.2, 0) is 4.79 Å². The lowest BCUT2D eigenvalue weighted by molar-refractivity contribution is -0.121. The van der Waals surface area contributed by atoms with Gasteiger partial charge in [-0.05, 0) is 31.0 Å². The second kappa shape index (κ2) is 8.41. The minimum atomic E-state index is 0.0793.